The molecule has 158 valence electrons. The van der Waals surface area contributed by atoms with Crippen LogP contribution in [0, 0.1) is 17.1 Å². The minimum absolute atomic E-state index is 0.00340. The molecule has 0 unspecified atom stereocenters. The van der Waals surface area contributed by atoms with E-state index in [2.05, 4.69) is 5.32 Å². The highest BCUT2D eigenvalue weighted by atomic mass is 35.5. The lowest BCUT2D eigenvalue weighted by Gasteiger charge is -2.10. The van der Waals surface area contributed by atoms with Gasteiger partial charge in [-0.15, -0.1) is 0 Å². The van der Waals surface area contributed by atoms with Gasteiger partial charge in [0.05, 0.1) is 12.6 Å². The van der Waals surface area contributed by atoms with E-state index in [-0.39, 0.29) is 24.0 Å². The molecule has 1 aliphatic heterocycles. The number of aromatic nitrogens is 1. The van der Waals surface area contributed by atoms with Gasteiger partial charge < -0.3 is 14.6 Å². The number of nitrogens with one attached hydrogen (secondary N) is 1. The van der Waals surface area contributed by atoms with Crippen molar-refractivity contribution in [3.8, 4) is 6.07 Å². The molecular weight excluding hydrogens is 417 g/mol. The van der Waals surface area contributed by atoms with Crippen LogP contribution < -0.4 is 5.32 Å². The van der Waals surface area contributed by atoms with E-state index in [0.29, 0.717) is 29.3 Å². The number of benzene rings is 2. The fourth-order valence-electron chi connectivity index (χ4n) is 3.79. The fraction of sp³-hybridized carbons (Fsp3) is 0.250. The van der Waals surface area contributed by atoms with E-state index in [0.717, 1.165) is 23.7 Å². The van der Waals surface area contributed by atoms with Crippen molar-refractivity contribution in [3.63, 3.8) is 0 Å². The number of fused-ring (bicyclic) bond motifs is 1. The summed E-state index contributed by atoms with van der Waals surface area (Å²) < 4.78 is 21.7. The van der Waals surface area contributed by atoms with Gasteiger partial charge in [0.15, 0.2) is 0 Å². The summed E-state index contributed by atoms with van der Waals surface area (Å²) in [5.74, 6) is -0.819. The predicted octanol–water partition coefficient (Wildman–Crippen LogP) is 4.68. The summed E-state index contributed by atoms with van der Waals surface area (Å²) in [7, 11) is 0. The van der Waals surface area contributed by atoms with Gasteiger partial charge in [-0.25, -0.2) is 4.39 Å². The molecule has 1 saturated heterocycles. The molecule has 0 spiro atoms. The van der Waals surface area contributed by atoms with Crippen LogP contribution >= 0.6 is 11.6 Å². The first-order valence-electron chi connectivity index (χ1n) is 10.1. The van der Waals surface area contributed by atoms with Crippen LogP contribution in [-0.4, -0.2) is 29.7 Å². The van der Waals surface area contributed by atoms with E-state index in [9.17, 15) is 14.4 Å². The first-order chi connectivity index (χ1) is 15.1. The molecular formula is C24H21ClFN3O2. The van der Waals surface area contributed by atoms with Gasteiger partial charge in [-0.3, -0.25) is 4.79 Å². The number of amides is 1. The molecule has 7 heteroatoms. The molecule has 1 amide bonds. The van der Waals surface area contributed by atoms with Crippen LogP contribution in [0.4, 0.5) is 4.39 Å². The lowest BCUT2D eigenvalue weighted by molar-refractivity contribution is -0.117. The maximum absolute atomic E-state index is 14.3. The van der Waals surface area contributed by atoms with E-state index < -0.39 is 5.91 Å². The topological polar surface area (TPSA) is 67.0 Å². The SMILES string of the molecule is N#C/C(=C\c1cn(Cc2c(F)cccc2Cl)c2ccccc12)C(=O)NC[C@H]1CCCO1. The molecule has 1 aliphatic rings. The van der Waals surface area contributed by atoms with Crippen LogP contribution in [-0.2, 0) is 16.1 Å². The normalized spacial score (nSPS) is 16.4. The number of nitriles is 1. The smallest absolute Gasteiger partial charge is 0.262 e. The first kappa shape index (κ1) is 21.1. The first-order valence-corrected chi connectivity index (χ1v) is 10.5. The third-order valence-corrected chi connectivity index (χ3v) is 5.74. The van der Waals surface area contributed by atoms with E-state index in [1.54, 1.807) is 24.4 Å². The second-order valence-electron chi connectivity index (χ2n) is 7.44. The Balaban J connectivity index is 1.64. The van der Waals surface area contributed by atoms with E-state index >= 15 is 0 Å². The zero-order chi connectivity index (χ0) is 21.8. The third kappa shape index (κ3) is 4.63. The molecule has 0 bridgehead atoms. The molecule has 2 aromatic carbocycles. The molecule has 0 radical (unpaired) electrons. The van der Waals surface area contributed by atoms with Crippen LogP contribution in [0.2, 0.25) is 5.02 Å². The van der Waals surface area contributed by atoms with Gasteiger partial charge >= 0.3 is 0 Å². The van der Waals surface area contributed by atoms with Crippen molar-refractivity contribution in [1.29, 1.82) is 5.26 Å². The summed E-state index contributed by atoms with van der Waals surface area (Å²) in [5, 5.41) is 13.5. The number of nitrogens with zero attached hydrogens (tertiary/aromatic N) is 2. The number of halogens is 2. The number of hydrogen-bond acceptors (Lipinski definition) is 3. The summed E-state index contributed by atoms with van der Waals surface area (Å²) in [4.78, 5) is 12.5. The van der Waals surface area contributed by atoms with Gasteiger partial charge in [0, 0.05) is 46.4 Å². The van der Waals surface area contributed by atoms with Gasteiger partial charge in [-0.1, -0.05) is 35.9 Å². The van der Waals surface area contributed by atoms with Gasteiger partial charge in [0.1, 0.15) is 17.5 Å². The quantitative estimate of drug-likeness (QED) is 0.449. The Morgan fingerprint density at radius 1 is 1.32 bits per heavy atom. The van der Waals surface area contributed by atoms with Gasteiger partial charge in [0.2, 0.25) is 0 Å². The number of hydrogen-bond donors (Lipinski definition) is 1. The van der Waals surface area contributed by atoms with Crippen molar-refractivity contribution in [2.45, 2.75) is 25.5 Å². The molecule has 4 rings (SSSR count). The Hall–Kier alpha value is -3.14. The minimum Gasteiger partial charge on any atom is -0.376 e. The number of carbonyl (C=O) groups is 1. The number of ether oxygens (including phenoxy) is 1. The van der Waals surface area contributed by atoms with Crippen molar-refractivity contribution >= 4 is 34.5 Å². The highest BCUT2D eigenvalue weighted by Crippen LogP contribution is 2.27. The van der Waals surface area contributed by atoms with Crippen LogP contribution in [0.3, 0.4) is 0 Å². The van der Waals surface area contributed by atoms with Crippen molar-refractivity contribution < 1.29 is 13.9 Å². The zero-order valence-electron chi connectivity index (χ0n) is 16.8. The zero-order valence-corrected chi connectivity index (χ0v) is 17.5. The standard InChI is InChI=1S/C24H21ClFN3O2/c25-21-7-3-8-22(26)20(21)15-29-14-17(19-6-1-2-9-23(19)29)11-16(12-27)24(30)28-13-18-5-4-10-31-18/h1-3,6-9,11,14,18H,4-5,10,13,15H2,(H,28,30)/b16-11+/t18-/m1/s1. The summed E-state index contributed by atoms with van der Waals surface area (Å²) >= 11 is 6.20. The van der Waals surface area contributed by atoms with Gasteiger partial charge in [-0.2, -0.15) is 5.26 Å². The van der Waals surface area contributed by atoms with Crippen LogP contribution in [0.25, 0.3) is 17.0 Å². The van der Waals surface area contributed by atoms with Crippen LogP contribution in [0.1, 0.15) is 24.0 Å². The monoisotopic (exact) mass is 437 g/mol. The predicted molar refractivity (Wildman–Crippen MR) is 118 cm³/mol. The fourth-order valence-corrected chi connectivity index (χ4v) is 4.01. The summed E-state index contributed by atoms with van der Waals surface area (Å²) in [6, 6.07) is 14.2. The van der Waals surface area contributed by atoms with E-state index in [1.807, 2.05) is 34.9 Å². The molecule has 1 fully saturated rings. The van der Waals surface area contributed by atoms with Crippen LogP contribution in [0.5, 0.6) is 0 Å². The van der Waals surface area contributed by atoms with Gasteiger partial charge in [-0.05, 0) is 37.1 Å². The molecule has 1 atom stereocenters. The van der Waals surface area contributed by atoms with E-state index in [1.165, 1.54) is 6.07 Å². The molecule has 1 aromatic heterocycles. The Morgan fingerprint density at radius 3 is 2.90 bits per heavy atom. The van der Waals surface area contributed by atoms with Crippen molar-refractivity contribution in [2.75, 3.05) is 13.2 Å². The van der Waals surface area contributed by atoms with E-state index in [4.69, 9.17) is 16.3 Å². The maximum Gasteiger partial charge on any atom is 0.262 e. The number of para-hydroxylation sites is 1. The summed E-state index contributed by atoms with van der Waals surface area (Å²) in [5.41, 5.74) is 1.94. The van der Waals surface area contributed by atoms with Crippen LogP contribution in [0.15, 0.2) is 54.2 Å². The second kappa shape index (κ2) is 9.34. The lowest BCUT2D eigenvalue weighted by atomic mass is 10.1. The second-order valence-corrected chi connectivity index (χ2v) is 7.85. The molecule has 0 saturated carbocycles. The molecule has 1 N–H and O–H groups in total. The third-order valence-electron chi connectivity index (χ3n) is 5.39. The summed E-state index contributed by atoms with van der Waals surface area (Å²) in [6.07, 6.45) is 5.24. The highest BCUT2D eigenvalue weighted by molar-refractivity contribution is 6.31. The minimum atomic E-state index is -0.438. The lowest BCUT2D eigenvalue weighted by Crippen LogP contribution is -2.32. The Kier molecular flexibility index (Phi) is 6.36. The van der Waals surface area contributed by atoms with Crippen molar-refractivity contribution in [1.82, 2.24) is 9.88 Å². The summed E-state index contributed by atoms with van der Waals surface area (Å²) in [6.45, 7) is 1.31. The maximum atomic E-state index is 14.3. The highest BCUT2D eigenvalue weighted by Gasteiger charge is 2.18. The average Bonchev–Trinajstić information content (AvgIpc) is 3.41. The largest absolute Gasteiger partial charge is 0.376 e. The molecule has 0 aliphatic carbocycles. The molecule has 3 aromatic rings. The number of rotatable bonds is 6. The molecule has 31 heavy (non-hydrogen) atoms. The average molecular weight is 438 g/mol. The molecule has 5 nitrogen and oxygen atoms in total. The van der Waals surface area contributed by atoms with Crippen molar-refractivity contribution in [2.24, 2.45) is 0 Å². The van der Waals surface area contributed by atoms with Crippen molar-refractivity contribution in [3.05, 3.63) is 76.2 Å². The Labute approximate surface area is 184 Å². The van der Waals surface area contributed by atoms with Gasteiger partial charge in [0.25, 0.3) is 5.91 Å². The molecule has 2 heterocycles. The Morgan fingerprint density at radius 2 is 2.16 bits per heavy atom. The Bertz CT molecular complexity index is 1170. The number of carbonyl (C=O) groups excluding carboxylic acids is 1.